The van der Waals surface area contributed by atoms with E-state index in [2.05, 4.69) is 5.32 Å². The van der Waals surface area contributed by atoms with Crippen molar-refractivity contribution >= 4 is 11.9 Å². The molecule has 0 radical (unpaired) electrons. The molecule has 0 unspecified atom stereocenters. The first-order valence-electron chi connectivity index (χ1n) is 8.22. The Morgan fingerprint density at radius 3 is 2.26 bits per heavy atom. The normalized spacial score (nSPS) is 19.5. The molecule has 3 rings (SSSR count). The van der Waals surface area contributed by atoms with Crippen LogP contribution in [0.25, 0.3) is 0 Å². The summed E-state index contributed by atoms with van der Waals surface area (Å²) in [5, 5.41) is 2.92. The fraction of sp³-hybridized carbons (Fsp3) is 0.529. The fourth-order valence-electron chi connectivity index (χ4n) is 3.03. The summed E-state index contributed by atoms with van der Waals surface area (Å²) in [7, 11) is 0. The Labute approximate surface area is 136 Å². The summed E-state index contributed by atoms with van der Waals surface area (Å²) in [4.78, 5) is 28.9. The fourth-order valence-corrected chi connectivity index (χ4v) is 3.03. The van der Waals surface area contributed by atoms with Gasteiger partial charge in [-0.15, -0.1) is 0 Å². The number of urea groups is 1. The molecule has 0 saturated carbocycles. The van der Waals surface area contributed by atoms with E-state index in [0.29, 0.717) is 26.3 Å². The molecular weight excluding hydrogens is 294 g/mol. The number of benzene rings is 1. The third-order valence-corrected chi connectivity index (χ3v) is 4.36. The van der Waals surface area contributed by atoms with Crippen LogP contribution < -0.4 is 5.32 Å². The minimum Gasteiger partial charge on any atom is -0.378 e. The van der Waals surface area contributed by atoms with Crippen molar-refractivity contribution in [2.45, 2.75) is 18.9 Å². The molecule has 2 heterocycles. The SMILES string of the molecule is O=C(N[C@H](C(=O)N1CCCC1)c1ccccc1)N1CCOCC1. The van der Waals surface area contributed by atoms with Crippen molar-refractivity contribution < 1.29 is 14.3 Å². The van der Waals surface area contributed by atoms with Gasteiger partial charge in [-0.1, -0.05) is 30.3 Å². The number of hydrogen-bond acceptors (Lipinski definition) is 3. The van der Waals surface area contributed by atoms with E-state index in [0.717, 1.165) is 31.5 Å². The standard InChI is InChI=1S/C17H23N3O3/c21-16(19-8-4-5-9-19)15(14-6-2-1-3-7-14)18-17(22)20-10-12-23-13-11-20/h1-3,6-7,15H,4-5,8-13H2,(H,18,22)/t15-/m0/s1. The summed E-state index contributed by atoms with van der Waals surface area (Å²) in [5.41, 5.74) is 0.825. The summed E-state index contributed by atoms with van der Waals surface area (Å²) < 4.78 is 5.27. The predicted molar refractivity (Wildman–Crippen MR) is 85.9 cm³/mol. The predicted octanol–water partition coefficient (Wildman–Crippen LogP) is 1.39. The molecule has 0 bridgehead atoms. The molecule has 1 atom stereocenters. The van der Waals surface area contributed by atoms with Crippen LogP contribution in [0, 0.1) is 0 Å². The van der Waals surface area contributed by atoms with Gasteiger partial charge < -0.3 is 19.9 Å². The van der Waals surface area contributed by atoms with E-state index in [1.807, 2.05) is 35.2 Å². The van der Waals surface area contributed by atoms with Gasteiger partial charge in [0, 0.05) is 26.2 Å². The average molecular weight is 317 g/mol. The van der Waals surface area contributed by atoms with Crippen molar-refractivity contribution in [2.75, 3.05) is 39.4 Å². The van der Waals surface area contributed by atoms with Gasteiger partial charge in [-0.2, -0.15) is 0 Å². The number of likely N-dealkylation sites (tertiary alicyclic amines) is 1. The van der Waals surface area contributed by atoms with E-state index in [1.165, 1.54) is 0 Å². The monoisotopic (exact) mass is 317 g/mol. The van der Waals surface area contributed by atoms with Crippen LogP contribution in [-0.4, -0.2) is 61.1 Å². The van der Waals surface area contributed by atoms with Crippen molar-refractivity contribution in [2.24, 2.45) is 0 Å². The molecule has 0 aromatic heterocycles. The number of ether oxygens (including phenoxy) is 1. The van der Waals surface area contributed by atoms with E-state index in [9.17, 15) is 9.59 Å². The van der Waals surface area contributed by atoms with Crippen molar-refractivity contribution in [3.8, 4) is 0 Å². The minimum absolute atomic E-state index is 0.0182. The zero-order valence-corrected chi connectivity index (χ0v) is 13.2. The van der Waals surface area contributed by atoms with Gasteiger partial charge in [0.2, 0.25) is 5.91 Å². The van der Waals surface area contributed by atoms with Crippen molar-refractivity contribution in [1.29, 1.82) is 0 Å². The number of nitrogens with zero attached hydrogens (tertiary/aromatic N) is 2. The molecule has 0 aliphatic carbocycles. The minimum atomic E-state index is -0.621. The van der Waals surface area contributed by atoms with Crippen LogP contribution in [0.1, 0.15) is 24.4 Å². The molecule has 2 aliphatic rings. The Kier molecular flexibility index (Phi) is 5.12. The second kappa shape index (κ2) is 7.46. The second-order valence-electron chi connectivity index (χ2n) is 5.92. The summed E-state index contributed by atoms with van der Waals surface area (Å²) >= 11 is 0. The van der Waals surface area contributed by atoms with E-state index in [-0.39, 0.29) is 11.9 Å². The zero-order chi connectivity index (χ0) is 16.1. The molecule has 1 aromatic carbocycles. The highest BCUT2D eigenvalue weighted by atomic mass is 16.5. The zero-order valence-electron chi connectivity index (χ0n) is 13.2. The molecule has 23 heavy (non-hydrogen) atoms. The second-order valence-corrected chi connectivity index (χ2v) is 5.92. The molecule has 1 aromatic rings. The molecule has 3 amide bonds. The first kappa shape index (κ1) is 15.8. The van der Waals surface area contributed by atoms with E-state index >= 15 is 0 Å². The van der Waals surface area contributed by atoms with Gasteiger partial charge >= 0.3 is 6.03 Å². The lowest BCUT2D eigenvalue weighted by Gasteiger charge is -2.30. The number of nitrogens with one attached hydrogen (secondary N) is 1. The Morgan fingerprint density at radius 2 is 1.61 bits per heavy atom. The lowest BCUT2D eigenvalue weighted by Crippen LogP contribution is -2.50. The van der Waals surface area contributed by atoms with Crippen molar-refractivity contribution in [3.63, 3.8) is 0 Å². The quantitative estimate of drug-likeness (QED) is 0.916. The van der Waals surface area contributed by atoms with Gasteiger partial charge in [-0.05, 0) is 18.4 Å². The first-order chi connectivity index (χ1) is 11.3. The number of rotatable bonds is 3. The number of hydrogen-bond donors (Lipinski definition) is 1. The summed E-state index contributed by atoms with van der Waals surface area (Å²) in [6.45, 7) is 3.76. The Morgan fingerprint density at radius 1 is 0.957 bits per heavy atom. The lowest BCUT2D eigenvalue weighted by atomic mass is 10.1. The Hall–Kier alpha value is -2.08. The van der Waals surface area contributed by atoms with Crippen LogP contribution in [0.15, 0.2) is 30.3 Å². The Bertz CT molecular complexity index is 537. The third-order valence-electron chi connectivity index (χ3n) is 4.36. The average Bonchev–Trinajstić information content (AvgIpc) is 3.15. The maximum Gasteiger partial charge on any atom is 0.318 e. The maximum absolute atomic E-state index is 12.8. The molecule has 1 N–H and O–H groups in total. The van der Waals surface area contributed by atoms with E-state index < -0.39 is 6.04 Å². The van der Waals surface area contributed by atoms with E-state index in [1.54, 1.807) is 4.90 Å². The molecule has 124 valence electrons. The number of carbonyl (C=O) groups is 2. The highest BCUT2D eigenvalue weighted by molar-refractivity contribution is 5.88. The van der Waals surface area contributed by atoms with Gasteiger partial charge in [-0.3, -0.25) is 4.79 Å². The van der Waals surface area contributed by atoms with Crippen LogP contribution in [0.4, 0.5) is 4.79 Å². The van der Waals surface area contributed by atoms with E-state index in [4.69, 9.17) is 4.74 Å². The summed E-state index contributed by atoms with van der Waals surface area (Å²) in [5.74, 6) is -0.0182. The van der Waals surface area contributed by atoms with Crippen molar-refractivity contribution in [3.05, 3.63) is 35.9 Å². The molecule has 6 heteroatoms. The van der Waals surface area contributed by atoms with Gasteiger partial charge in [-0.25, -0.2) is 4.79 Å². The first-order valence-corrected chi connectivity index (χ1v) is 8.22. The largest absolute Gasteiger partial charge is 0.378 e. The molecule has 0 spiro atoms. The highest BCUT2D eigenvalue weighted by Gasteiger charge is 2.30. The van der Waals surface area contributed by atoms with Gasteiger partial charge in [0.1, 0.15) is 6.04 Å². The topological polar surface area (TPSA) is 61.9 Å². The Balaban J connectivity index is 1.74. The highest BCUT2D eigenvalue weighted by Crippen LogP contribution is 2.19. The number of amides is 3. The van der Waals surface area contributed by atoms with Gasteiger partial charge in [0.25, 0.3) is 0 Å². The molecule has 2 saturated heterocycles. The van der Waals surface area contributed by atoms with Crippen LogP contribution in [0.3, 0.4) is 0 Å². The number of morpholine rings is 1. The van der Waals surface area contributed by atoms with Crippen LogP contribution in [0.5, 0.6) is 0 Å². The van der Waals surface area contributed by atoms with Gasteiger partial charge in [0.15, 0.2) is 0 Å². The van der Waals surface area contributed by atoms with Crippen LogP contribution >= 0.6 is 0 Å². The molecular formula is C17H23N3O3. The number of carbonyl (C=O) groups excluding carboxylic acids is 2. The molecule has 2 fully saturated rings. The summed E-state index contributed by atoms with van der Waals surface area (Å²) in [6, 6.07) is 8.64. The maximum atomic E-state index is 12.8. The van der Waals surface area contributed by atoms with Gasteiger partial charge in [0.05, 0.1) is 13.2 Å². The van der Waals surface area contributed by atoms with Crippen LogP contribution in [-0.2, 0) is 9.53 Å². The molecule has 6 nitrogen and oxygen atoms in total. The van der Waals surface area contributed by atoms with Crippen molar-refractivity contribution in [1.82, 2.24) is 15.1 Å². The lowest BCUT2D eigenvalue weighted by molar-refractivity contribution is -0.132. The molecule has 2 aliphatic heterocycles. The third kappa shape index (κ3) is 3.82. The van der Waals surface area contributed by atoms with Crippen LogP contribution in [0.2, 0.25) is 0 Å². The smallest absolute Gasteiger partial charge is 0.318 e. The summed E-state index contributed by atoms with van der Waals surface area (Å²) in [6.07, 6.45) is 2.06.